The third-order valence-corrected chi connectivity index (χ3v) is 27.2. The molecule has 2 fully saturated rings. The molecule has 0 N–H and O–H groups in total. The highest BCUT2D eigenvalue weighted by atomic mass is 79.9. The Morgan fingerprint density at radius 1 is 0.272 bits per heavy atom. The molecule has 0 bridgehead atoms. The van der Waals surface area contributed by atoms with Crippen LogP contribution in [0.15, 0.2) is 31.8 Å². The van der Waals surface area contributed by atoms with Crippen molar-refractivity contribution in [2.24, 2.45) is 0 Å². The highest BCUT2D eigenvalue weighted by Crippen LogP contribution is 2.47. The molecule has 4 nitrogen and oxygen atoms in total. The molecule has 4 aromatic heterocycles. The quantitative estimate of drug-likeness (QED) is 0.0282. The van der Waals surface area contributed by atoms with Crippen molar-refractivity contribution in [1.29, 1.82) is 0 Å². The van der Waals surface area contributed by atoms with Crippen molar-refractivity contribution in [3.8, 4) is 0 Å². The number of unbranched alkanes of at least 4 members (excludes halogenated alkanes) is 36. The molecule has 0 radical (unpaired) electrons. The van der Waals surface area contributed by atoms with Gasteiger partial charge in [0.15, 0.2) is 0 Å². The van der Waals surface area contributed by atoms with Gasteiger partial charge in [-0.2, -0.15) is 0 Å². The van der Waals surface area contributed by atoms with Crippen LogP contribution in [0.4, 0.5) is 0 Å². The van der Waals surface area contributed by atoms with Gasteiger partial charge in [-0.25, -0.2) is 0 Å². The van der Waals surface area contributed by atoms with Crippen molar-refractivity contribution in [1.82, 2.24) is 0 Å². The highest BCUT2D eigenvalue weighted by molar-refractivity contribution is 9.11. The van der Waals surface area contributed by atoms with E-state index in [0.29, 0.717) is 0 Å². The number of halogens is 2. The smallest absolute Gasteiger partial charge is 0.399 e. The summed E-state index contributed by atoms with van der Waals surface area (Å²) >= 11 is 15.5. The fourth-order valence-electron chi connectivity index (χ4n) is 14.1. The van der Waals surface area contributed by atoms with E-state index >= 15 is 0 Å². The van der Waals surface area contributed by atoms with E-state index in [1.54, 1.807) is 20.5 Å². The van der Waals surface area contributed by atoms with Gasteiger partial charge in [0.2, 0.25) is 0 Å². The van der Waals surface area contributed by atoms with Gasteiger partial charge in [-0.15, -0.1) is 45.3 Å². The Balaban J connectivity index is 0.000000278. The van der Waals surface area contributed by atoms with Crippen LogP contribution in [0.5, 0.6) is 0 Å². The van der Waals surface area contributed by atoms with Gasteiger partial charge in [0.25, 0.3) is 0 Å². The summed E-state index contributed by atoms with van der Waals surface area (Å²) in [6, 6.07) is 9.73. The molecule has 0 atom stereocenters. The Bertz CT molecular complexity index is 2720. The number of hydrogen-bond acceptors (Lipinski definition) is 8. The molecule has 12 heteroatoms. The second kappa shape index (κ2) is 40.5. The average Bonchev–Trinajstić information content (AvgIpc) is 1.56. The SMILES string of the molecule is CCCCCCCCCCCCc1c2cc(B3OC(C)(C)C(C)(C)O3)sc2c(CCCCCCCCCCCC)c2cc(B3OC(C)(C)C(C)(C)O3)sc12.CCCCCCCCCCCCc1c2cc(Br)sc2c(CCCCCCCCCCCC)c2cc(Br)sc12. The van der Waals surface area contributed by atoms with Crippen molar-refractivity contribution in [3.05, 3.63) is 54.1 Å². The van der Waals surface area contributed by atoms with Crippen LogP contribution < -0.4 is 9.55 Å². The van der Waals surface area contributed by atoms with Gasteiger partial charge in [-0.1, -0.05) is 259 Å². The van der Waals surface area contributed by atoms with E-state index in [2.05, 4.69) is 139 Å². The molecule has 8 rings (SSSR count). The van der Waals surface area contributed by atoms with Crippen LogP contribution in [-0.2, 0) is 44.3 Å². The normalized spacial score (nSPS) is 16.0. The number of rotatable bonds is 46. The Morgan fingerprint density at radius 2 is 0.457 bits per heavy atom. The van der Waals surface area contributed by atoms with Gasteiger partial charge in [-0.3, -0.25) is 0 Å². The van der Waals surface area contributed by atoms with Crippen LogP contribution in [0.25, 0.3) is 40.3 Å². The van der Waals surface area contributed by atoms with Crippen LogP contribution in [0, 0.1) is 0 Å². The molecule has 2 saturated heterocycles. The number of fused-ring (bicyclic) bond motifs is 4. The van der Waals surface area contributed by atoms with Crippen LogP contribution in [0.2, 0.25) is 0 Å². The molecular weight excluding hydrogens is 1330 g/mol. The number of thiophene rings is 4. The van der Waals surface area contributed by atoms with E-state index < -0.39 is 0 Å². The zero-order valence-corrected chi connectivity index (χ0v) is 67.0. The minimum Gasteiger partial charge on any atom is -0.399 e. The van der Waals surface area contributed by atoms with Crippen molar-refractivity contribution in [2.75, 3.05) is 0 Å². The van der Waals surface area contributed by atoms with Gasteiger partial charge < -0.3 is 18.6 Å². The van der Waals surface area contributed by atoms with E-state index in [1.807, 2.05) is 45.3 Å². The first-order valence-electron chi connectivity index (χ1n) is 38.4. The summed E-state index contributed by atoms with van der Waals surface area (Å²) in [4.78, 5) is 0. The minimum atomic E-state index is -0.358. The molecule has 0 amide bonds. The van der Waals surface area contributed by atoms with Crippen molar-refractivity contribution in [2.45, 2.75) is 388 Å². The van der Waals surface area contributed by atoms with E-state index in [4.69, 9.17) is 18.6 Å². The summed E-state index contributed by atoms with van der Waals surface area (Å²) in [5, 5.41) is 5.92. The largest absolute Gasteiger partial charge is 0.505 e. The average molecular weight is 1460 g/mol. The van der Waals surface area contributed by atoms with Gasteiger partial charge in [-0.05, 0) is 207 Å². The summed E-state index contributed by atoms with van der Waals surface area (Å²) < 4.78 is 37.6. The lowest BCUT2D eigenvalue weighted by Crippen LogP contribution is -2.41. The van der Waals surface area contributed by atoms with Crippen LogP contribution in [-0.4, -0.2) is 36.6 Å². The molecule has 6 heterocycles. The molecule has 2 aliphatic rings. The van der Waals surface area contributed by atoms with Crippen LogP contribution >= 0.6 is 77.2 Å². The fourth-order valence-corrected chi connectivity index (χ4v) is 20.0. The topological polar surface area (TPSA) is 36.9 Å². The standard InChI is InChI=1S/C46H76B2O4S2.C34H52Br2S2/c1-11-13-15-17-19-21-23-25-27-29-31-35-37-33-39(47-49-43(3,4)44(5,6)50-47)54-42(37)36(32-30-28-26-24-22-20-18-16-14-12-2)38-34-40(53-41(35)38)48-51-45(7,8)46(9,10)52-48;1-3-5-7-9-11-13-15-17-19-21-23-27-29-25-31(35)38-34(29)28(30-26-32(36)37-33(27)30)24-22-20-18-16-14-12-10-8-6-4-2/h33-34H,11-32H2,1-10H3;25-26H,3-24H2,1-2H3. The van der Waals surface area contributed by atoms with Gasteiger partial charge in [0.1, 0.15) is 0 Å². The number of aryl methyl sites for hydroxylation is 4. The Kier molecular flexibility index (Phi) is 34.5. The van der Waals surface area contributed by atoms with Crippen molar-refractivity contribution >= 4 is 141 Å². The third-order valence-electron chi connectivity index (χ3n) is 21.4. The van der Waals surface area contributed by atoms with Crippen molar-refractivity contribution < 1.29 is 18.6 Å². The first-order valence-corrected chi connectivity index (χ1v) is 43.3. The van der Waals surface area contributed by atoms with E-state index in [1.165, 1.54) is 329 Å². The molecule has 92 heavy (non-hydrogen) atoms. The number of hydrogen-bond donors (Lipinski definition) is 0. The third kappa shape index (κ3) is 23.1. The predicted octanol–water partition coefficient (Wildman–Crippen LogP) is 28.2. The Morgan fingerprint density at radius 3 is 0.674 bits per heavy atom. The Labute approximate surface area is 597 Å². The van der Waals surface area contributed by atoms with Gasteiger partial charge in [0, 0.05) is 28.4 Å². The predicted molar refractivity (Wildman–Crippen MR) is 423 cm³/mol. The molecule has 2 aromatic carbocycles. The molecule has 0 unspecified atom stereocenters. The van der Waals surface area contributed by atoms with E-state index in [9.17, 15) is 0 Å². The number of benzene rings is 2. The lowest BCUT2D eigenvalue weighted by atomic mass is 9.85. The van der Waals surface area contributed by atoms with E-state index in [-0.39, 0.29) is 36.6 Å². The molecule has 6 aromatic rings. The highest BCUT2D eigenvalue weighted by Gasteiger charge is 2.54. The lowest BCUT2D eigenvalue weighted by Gasteiger charge is -2.32. The molecule has 0 aliphatic carbocycles. The minimum absolute atomic E-state index is 0.332. The van der Waals surface area contributed by atoms with Crippen LogP contribution in [0.3, 0.4) is 0 Å². The zero-order chi connectivity index (χ0) is 66.0. The molecular formula is C80H128B2Br2O4S4. The molecule has 0 spiro atoms. The summed E-state index contributed by atoms with van der Waals surface area (Å²) in [6.07, 6.45) is 59.7. The summed E-state index contributed by atoms with van der Waals surface area (Å²) in [7, 11) is -0.665. The second-order valence-electron chi connectivity index (χ2n) is 30.2. The van der Waals surface area contributed by atoms with Gasteiger partial charge in [0.05, 0.1) is 30.0 Å². The maximum atomic E-state index is 6.66. The molecule has 0 saturated carbocycles. The van der Waals surface area contributed by atoms with Crippen molar-refractivity contribution in [3.63, 3.8) is 0 Å². The summed E-state index contributed by atoms with van der Waals surface area (Å²) in [6.45, 7) is 26.6. The summed E-state index contributed by atoms with van der Waals surface area (Å²) in [5.74, 6) is 0. The molecule has 2 aliphatic heterocycles. The van der Waals surface area contributed by atoms with Gasteiger partial charge >= 0.3 is 14.2 Å². The maximum absolute atomic E-state index is 6.66. The monoisotopic (exact) mass is 1460 g/mol. The summed E-state index contributed by atoms with van der Waals surface area (Å²) in [5.41, 5.74) is 4.81. The fraction of sp³-hybridized carbons (Fsp3) is 0.750. The first kappa shape index (κ1) is 78.5. The van der Waals surface area contributed by atoms with Crippen LogP contribution in [0.1, 0.15) is 362 Å². The first-order chi connectivity index (χ1) is 44.4. The van der Waals surface area contributed by atoms with E-state index in [0.717, 1.165) is 12.8 Å². The lowest BCUT2D eigenvalue weighted by molar-refractivity contribution is 0.00578. The zero-order valence-electron chi connectivity index (χ0n) is 60.6. The molecule has 516 valence electrons. The maximum Gasteiger partial charge on any atom is 0.505 e. The second-order valence-corrected chi connectivity index (χ2v) is 37.2. The Hall–Kier alpha value is -0.790.